The third kappa shape index (κ3) is 3.18. The molecule has 1 aliphatic heterocycles. The summed E-state index contributed by atoms with van der Waals surface area (Å²) >= 11 is 0. The largest absolute Gasteiger partial charge is 0.508 e. The van der Waals surface area contributed by atoms with E-state index in [1.54, 1.807) is 17.1 Å². The van der Waals surface area contributed by atoms with E-state index in [9.17, 15) is 9.90 Å². The van der Waals surface area contributed by atoms with E-state index in [0.29, 0.717) is 12.8 Å². The van der Waals surface area contributed by atoms with Gasteiger partial charge in [0.05, 0.1) is 11.8 Å². The first-order chi connectivity index (χ1) is 11.6. The Labute approximate surface area is 142 Å². The van der Waals surface area contributed by atoms with Crippen molar-refractivity contribution < 1.29 is 9.90 Å². The summed E-state index contributed by atoms with van der Waals surface area (Å²) < 4.78 is 0. The van der Waals surface area contributed by atoms with Crippen LogP contribution in [-0.2, 0) is 4.79 Å². The highest BCUT2D eigenvalue weighted by atomic mass is 16.3. The molecule has 2 aromatic carbocycles. The lowest BCUT2D eigenvalue weighted by molar-refractivity contribution is -0.133. The van der Waals surface area contributed by atoms with Crippen LogP contribution in [0.4, 0.5) is 0 Å². The molecule has 0 radical (unpaired) electrons. The van der Waals surface area contributed by atoms with Crippen LogP contribution in [0.25, 0.3) is 0 Å². The molecule has 0 aromatic heterocycles. The number of nitrogens with zero attached hydrogens (tertiary/aromatic N) is 2. The van der Waals surface area contributed by atoms with Gasteiger partial charge in [0.25, 0.3) is 0 Å². The highest BCUT2D eigenvalue weighted by Gasteiger charge is 2.33. The molecule has 2 aromatic rings. The minimum atomic E-state index is -0.249. The zero-order valence-electron chi connectivity index (χ0n) is 14.1. The highest BCUT2D eigenvalue weighted by Crippen LogP contribution is 2.37. The van der Waals surface area contributed by atoms with Gasteiger partial charge in [-0.2, -0.15) is 5.10 Å². The lowest BCUT2D eigenvalue weighted by Crippen LogP contribution is -2.26. The van der Waals surface area contributed by atoms with Crippen molar-refractivity contribution in [1.29, 1.82) is 0 Å². The van der Waals surface area contributed by atoms with Gasteiger partial charge in [-0.3, -0.25) is 4.79 Å². The molecule has 1 atom stereocenters. The summed E-state index contributed by atoms with van der Waals surface area (Å²) in [6, 6.07) is 15.1. The lowest BCUT2D eigenvalue weighted by Gasteiger charge is -2.22. The fourth-order valence-corrected chi connectivity index (χ4v) is 3.00. The van der Waals surface area contributed by atoms with Crippen molar-refractivity contribution in [3.8, 4) is 5.75 Å². The minimum absolute atomic E-state index is 0.00661. The number of aryl methyl sites for hydroxylation is 1. The normalized spacial score (nSPS) is 17.0. The highest BCUT2D eigenvalue weighted by molar-refractivity contribution is 6.03. The predicted molar refractivity (Wildman–Crippen MR) is 94.9 cm³/mol. The van der Waals surface area contributed by atoms with E-state index in [4.69, 9.17) is 0 Å². The Bertz CT molecular complexity index is 765. The number of hydrogen-bond acceptors (Lipinski definition) is 3. The van der Waals surface area contributed by atoms with E-state index < -0.39 is 0 Å². The molecule has 0 aliphatic carbocycles. The number of hydrogen-bond donors (Lipinski definition) is 1. The SMILES string of the molecule is CCCC(=O)N1N=C(c2ccc(C)cc2)C[C@@H]1c1ccccc1O. The number of aromatic hydroxyl groups is 1. The smallest absolute Gasteiger partial charge is 0.243 e. The Morgan fingerprint density at radius 3 is 2.58 bits per heavy atom. The predicted octanol–water partition coefficient (Wildman–Crippen LogP) is 4.18. The fourth-order valence-electron chi connectivity index (χ4n) is 3.00. The minimum Gasteiger partial charge on any atom is -0.508 e. The Morgan fingerprint density at radius 1 is 1.21 bits per heavy atom. The second-order valence-electron chi connectivity index (χ2n) is 6.18. The molecule has 4 heteroatoms. The number of amides is 1. The van der Waals surface area contributed by atoms with Crippen molar-refractivity contribution in [2.45, 2.75) is 39.2 Å². The second-order valence-corrected chi connectivity index (χ2v) is 6.18. The first-order valence-electron chi connectivity index (χ1n) is 8.34. The lowest BCUT2D eigenvalue weighted by atomic mass is 9.97. The molecule has 1 aliphatic rings. The van der Waals surface area contributed by atoms with Crippen molar-refractivity contribution in [3.63, 3.8) is 0 Å². The Morgan fingerprint density at radius 2 is 1.92 bits per heavy atom. The van der Waals surface area contributed by atoms with Gasteiger partial charge in [-0.05, 0) is 25.0 Å². The zero-order valence-corrected chi connectivity index (χ0v) is 14.1. The molecule has 124 valence electrons. The number of benzene rings is 2. The van der Waals surface area contributed by atoms with Crippen LogP contribution in [0.5, 0.6) is 5.75 Å². The Kier molecular flexibility index (Phi) is 4.65. The van der Waals surface area contributed by atoms with E-state index in [0.717, 1.165) is 23.3 Å². The first-order valence-corrected chi connectivity index (χ1v) is 8.34. The van der Waals surface area contributed by atoms with Gasteiger partial charge in [0.1, 0.15) is 5.75 Å². The van der Waals surface area contributed by atoms with Gasteiger partial charge in [-0.25, -0.2) is 5.01 Å². The number of hydrazone groups is 1. The summed E-state index contributed by atoms with van der Waals surface area (Å²) in [6.07, 6.45) is 1.84. The molecule has 1 N–H and O–H groups in total. The van der Waals surface area contributed by atoms with E-state index in [1.165, 1.54) is 5.56 Å². The summed E-state index contributed by atoms with van der Waals surface area (Å²) in [5.41, 5.74) is 3.84. The first kappa shape index (κ1) is 16.2. The van der Waals surface area contributed by atoms with Gasteiger partial charge in [-0.15, -0.1) is 0 Å². The topological polar surface area (TPSA) is 52.9 Å². The van der Waals surface area contributed by atoms with E-state index in [2.05, 4.69) is 5.10 Å². The molecule has 1 heterocycles. The van der Waals surface area contributed by atoms with Crippen molar-refractivity contribution >= 4 is 11.6 Å². The average Bonchev–Trinajstić information content (AvgIpc) is 3.01. The van der Waals surface area contributed by atoms with Gasteiger partial charge in [0, 0.05) is 18.4 Å². The Balaban J connectivity index is 1.96. The fraction of sp³-hybridized carbons (Fsp3) is 0.300. The molecule has 24 heavy (non-hydrogen) atoms. The van der Waals surface area contributed by atoms with Crippen LogP contribution in [0.2, 0.25) is 0 Å². The molecule has 0 saturated carbocycles. The quantitative estimate of drug-likeness (QED) is 0.918. The van der Waals surface area contributed by atoms with Crippen molar-refractivity contribution in [2.24, 2.45) is 5.10 Å². The number of phenols is 1. The van der Waals surface area contributed by atoms with Gasteiger partial charge in [0.2, 0.25) is 5.91 Å². The van der Waals surface area contributed by atoms with Crippen LogP contribution >= 0.6 is 0 Å². The summed E-state index contributed by atoms with van der Waals surface area (Å²) in [7, 11) is 0. The van der Waals surface area contributed by atoms with Gasteiger partial charge < -0.3 is 5.11 Å². The summed E-state index contributed by atoms with van der Waals surface area (Å²) in [5.74, 6) is 0.199. The third-order valence-corrected chi connectivity index (χ3v) is 4.31. The summed E-state index contributed by atoms with van der Waals surface area (Å²) in [4.78, 5) is 12.5. The maximum Gasteiger partial charge on any atom is 0.243 e. The number of para-hydroxylation sites is 1. The average molecular weight is 322 g/mol. The standard InChI is InChI=1S/C20H22N2O2/c1-3-6-20(24)22-18(16-7-4-5-8-19(16)23)13-17(21-22)15-11-9-14(2)10-12-15/h4-5,7-12,18,23H,3,6,13H2,1-2H3/t18-/m1/s1. The molecule has 4 nitrogen and oxygen atoms in total. The molecule has 1 amide bonds. The van der Waals surface area contributed by atoms with Crippen molar-refractivity contribution in [1.82, 2.24) is 5.01 Å². The maximum absolute atomic E-state index is 12.5. The van der Waals surface area contributed by atoms with Crippen LogP contribution in [0, 0.1) is 6.92 Å². The maximum atomic E-state index is 12.5. The molecular weight excluding hydrogens is 300 g/mol. The van der Waals surface area contributed by atoms with E-state index >= 15 is 0 Å². The van der Waals surface area contributed by atoms with Crippen LogP contribution in [0.3, 0.4) is 0 Å². The van der Waals surface area contributed by atoms with Gasteiger partial charge >= 0.3 is 0 Å². The summed E-state index contributed by atoms with van der Waals surface area (Å²) in [5, 5.41) is 16.3. The van der Waals surface area contributed by atoms with Crippen LogP contribution in [0.1, 0.15) is 48.9 Å². The number of rotatable bonds is 4. The monoisotopic (exact) mass is 322 g/mol. The number of phenolic OH excluding ortho intramolecular Hbond substituents is 1. The second kappa shape index (κ2) is 6.87. The van der Waals surface area contributed by atoms with E-state index in [1.807, 2.05) is 50.2 Å². The molecule has 0 spiro atoms. The Hall–Kier alpha value is -2.62. The molecule has 0 unspecified atom stereocenters. The number of carbonyl (C=O) groups is 1. The zero-order chi connectivity index (χ0) is 17.1. The van der Waals surface area contributed by atoms with Gasteiger partial charge in [-0.1, -0.05) is 55.0 Å². The molecular formula is C20H22N2O2. The molecule has 3 rings (SSSR count). The summed E-state index contributed by atoms with van der Waals surface area (Å²) in [6.45, 7) is 4.02. The van der Waals surface area contributed by atoms with Crippen molar-refractivity contribution in [2.75, 3.05) is 0 Å². The third-order valence-electron chi connectivity index (χ3n) is 4.31. The number of carbonyl (C=O) groups excluding carboxylic acids is 1. The van der Waals surface area contributed by atoms with Crippen LogP contribution in [-0.4, -0.2) is 21.7 Å². The van der Waals surface area contributed by atoms with E-state index in [-0.39, 0.29) is 17.7 Å². The van der Waals surface area contributed by atoms with Crippen LogP contribution < -0.4 is 0 Å². The van der Waals surface area contributed by atoms with Crippen LogP contribution in [0.15, 0.2) is 53.6 Å². The molecule has 0 saturated heterocycles. The van der Waals surface area contributed by atoms with Crippen molar-refractivity contribution in [3.05, 3.63) is 65.2 Å². The molecule has 0 bridgehead atoms. The van der Waals surface area contributed by atoms with Gasteiger partial charge in [0.15, 0.2) is 0 Å². The molecule has 0 fully saturated rings.